The summed E-state index contributed by atoms with van der Waals surface area (Å²) in [5.41, 5.74) is 0.307. The summed E-state index contributed by atoms with van der Waals surface area (Å²) in [6.07, 6.45) is -4.92. The number of anilines is 1. The third-order valence-corrected chi connectivity index (χ3v) is 2.92. The largest absolute Gasteiger partial charge is 0.449 e. The molecule has 0 heterocycles. The predicted octanol–water partition coefficient (Wildman–Crippen LogP) is 4.59. The maximum Gasteiger partial charge on any atom is 0.416 e. The molecule has 0 aromatic heterocycles. The van der Waals surface area contributed by atoms with Crippen LogP contribution in [0.5, 0.6) is 11.5 Å². The molecule has 0 radical (unpaired) electrons. The van der Waals surface area contributed by atoms with Crippen molar-refractivity contribution in [3.63, 3.8) is 0 Å². The molecule has 0 unspecified atom stereocenters. The van der Waals surface area contributed by atoms with Gasteiger partial charge in [0.1, 0.15) is 12.1 Å². The lowest BCUT2D eigenvalue weighted by Crippen LogP contribution is -2.07. The predicted molar refractivity (Wildman–Crippen MR) is 80.2 cm³/mol. The van der Waals surface area contributed by atoms with Crippen molar-refractivity contribution in [2.45, 2.75) is 6.18 Å². The summed E-state index contributed by atoms with van der Waals surface area (Å²) in [5, 5.41) is 20.7. The molecule has 10 heteroatoms. The van der Waals surface area contributed by atoms with E-state index >= 15 is 0 Å². The van der Waals surface area contributed by atoms with Gasteiger partial charge >= 0.3 is 6.18 Å². The first kappa shape index (κ1) is 18.7. The van der Waals surface area contributed by atoms with Crippen LogP contribution >= 0.6 is 0 Å². The quantitative estimate of drug-likeness (QED) is 0.487. The molecule has 5 nitrogen and oxygen atoms in total. The second-order valence-electron chi connectivity index (χ2n) is 4.66. The molecule has 0 aliphatic rings. The minimum atomic E-state index is -4.92. The summed E-state index contributed by atoms with van der Waals surface area (Å²) in [4.78, 5) is 0. The summed E-state index contributed by atoms with van der Waals surface area (Å²) < 4.78 is 70.5. The summed E-state index contributed by atoms with van der Waals surface area (Å²) in [7, 11) is 0. The number of nitrogens with one attached hydrogen (secondary N) is 1. The van der Waals surface area contributed by atoms with E-state index in [1.165, 1.54) is 36.4 Å². The highest BCUT2D eigenvalue weighted by Crippen LogP contribution is 2.37. The van der Waals surface area contributed by atoms with Crippen LogP contribution in [0, 0.1) is 34.3 Å². The molecule has 132 valence electrons. The van der Waals surface area contributed by atoms with Crippen molar-refractivity contribution in [2.24, 2.45) is 5.10 Å². The Labute approximate surface area is 143 Å². The lowest BCUT2D eigenvalue weighted by atomic mass is 10.2. The standard InChI is InChI=1S/C16H7F5N4O/c17-11-5-9(16(19,20)21)6-12(18)15(11)26-14-4-2-1-3-13(14)25-24-10(7-22)8-23/h1-6,25H. The minimum absolute atomic E-state index is 0.0224. The number of alkyl halides is 3. The number of benzene rings is 2. The third-order valence-electron chi connectivity index (χ3n) is 2.92. The Morgan fingerprint density at radius 1 is 1.04 bits per heavy atom. The van der Waals surface area contributed by atoms with Crippen LogP contribution in [-0.2, 0) is 6.18 Å². The fourth-order valence-corrected chi connectivity index (χ4v) is 1.77. The zero-order valence-electron chi connectivity index (χ0n) is 12.6. The monoisotopic (exact) mass is 366 g/mol. The molecule has 0 saturated carbocycles. The van der Waals surface area contributed by atoms with Crippen molar-refractivity contribution in [1.29, 1.82) is 10.5 Å². The summed E-state index contributed by atoms with van der Waals surface area (Å²) in [6.45, 7) is 0. The van der Waals surface area contributed by atoms with Gasteiger partial charge in [0.05, 0.1) is 11.3 Å². The van der Waals surface area contributed by atoms with E-state index < -0.39 is 34.8 Å². The van der Waals surface area contributed by atoms with Gasteiger partial charge in [0.25, 0.3) is 0 Å². The molecule has 0 aliphatic heterocycles. The maximum absolute atomic E-state index is 13.9. The Balaban J connectivity index is 2.37. The van der Waals surface area contributed by atoms with Crippen LogP contribution < -0.4 is 10.2 Å². The lowest BCUT2D eigenvalue weighted by Gasteiger charge is -2.13. The highest BCUT2D eigenvalue weighted by Gasteiger charge is 2.33. The second-order valence-corrected chi connectivity index (χ2v) is 4.66. The van der Waals surface area contributed by atoms with E-state index in [1.54, 1.807) is 0 Å². The van der Waals surface area contributed by atoms with Gasteiger partial charge in [-0.1, -0.05) is 12.1 Å². The van der Waals surface area contributed by atoms with Gasteiger partial charge in [-0.2, -0.15) is 28.8 Å². The first-order valence-corrected chi connectivity index (χ1v) is 6.73. The molecule has 2 rings (SSSR count). The van der Waals surface area contributed by atoms with Crippen LogP contribution in [0.1, 0.15) is 5.56 Å². The SMILES string of the molecule is N#CC(C#N)=NNc1ccccc1Oc1c(F)cc(C(F)(F)F)cc1F. The van der Waals surface area contributed by atoms with Gasteiger partial charge < -0.3 is 4.74 Å². The van der Waals surface area contributed by atoms with Crippen molar-refractivity contribution in [3.05, 3.63) is 53.6 Å². The normalized spacial score (nSPS) is 10.4. The highest BCUT2D eigenvalue weighted by atomic mass is 19.4. The summed E-state index contributed by atoms with van der Waals surface area (Å²) >= 11 is 0. The average Bonchev–Trinajstić information content (AvgIpc) is 2.59. The molecular formula is C16H7F5N4O. The van der Waals surface area contributed by atoms with Gasteiger partial charge in [0.2, 0.25) is 5.71 Å². The Hall–Kier alpha value is -3.66. The fourth-order valence-electron chi connectivity index (χ4n) is 1.77. The molecule has 0 amide bonds. The van der Waals surface area contributed by atoms with Gasteiger partial charge in [-0.25, -0.2) is 8.78 Å². The molecule has 0 fully saturated rings. The summed E-state index contributed by atoms with van der Waals surface area (Å²) in [6, 6.07) is 8.72. The zero-order valence-corrected chi connectivity index (χ0v) is 12.6. The molecule has 0 aliphatic carbocycles. The van der Waals surface area contributed by atoms with Gasteiger partial charge in [0, 0.05) is 0 Å². The van der Waals surface area contributed by atoms with Crippen LogP contribution in [0.4, 0.5) is 27.6 Å². The Morgan fingerprint density at radius 2 is 1.62 bits per heavy atom. The number of nitrogens with zero attached hydrogens (tertiary/aromatic N) is 3. The molecule has 2 aromatic carbocycles. The first-order chi connectivity index (χ1) is 12.3. The molecule has 2 aromatic rings. The number of halogens is 5. The number of rotatable bonds is 4. The molecule has 0 bridgehead atoms. The smallest absolute Gasteiger partial charge is 0.416 e. The van der Waals surface area contributed by atoms with E-state index in [4.69, 9.17) is 15.3 Å². The van der Waals surface area contributed by atoms with Gasteiger partial charge in [-0.05, 0) is 24.3 Å². The van der Waals surface area contributed by atoms with Gasteiger partial charge in [-0.3, -0.25) is 5.43 Å². The Bertz CT molecular complexity index is 902. The Morgan fingerprint density at radius 3 is 2.15 bits per heavy atom. The summed E-state index contributed by atoms with van der Waals surface area (Å²) in [5.74, 6) is -4.34. The topological polar surface area (TPSA) is 81.2 Å². The van der Waals surface area contributed by atoms with Crippen LogP contribution in [0.3, 0.4) is 0 Å². The first-order valence-electron chi connectivity index (χ1n) is 6.73. The van der Waals surface area contributed by atoms with E-state index in [0.29, 0.717) is 0 Å². The number of nitriles is 2. The average molecular weight is 366 g/mol. The number of hydrogen-bond acceptors (Lipinski definition) is 5. The molecule has 26 heavy (non-hydrogen) atoms. The van der Waals surface area contributed by atoms with E-state index in [0.717, 1.165) is 0 Å². The zero-order chi connectivity index (χ0) is 19.3. The number of hydrazone groups is 1. The van der Waals surface area contributed by atoms with Crippen molar-refractivity contribution >= 4 is 11.4 Å². The van der Waals surface area contributed by atoms with E-state index in [1.807, 2.05) is 0 Å². The molecule has 0 saturated heterocycles. The van der Waals surface area contributed by atoms with Crippen molar-refractivity contribution < 1.29 is 26.7 Å². The maximum atomic E-state index is 13.9. The number of hydrogen-bond donors (Lipinski definition) is 1. The number of ether oxygens (including phenoxy) is 1. The Kier molecular flexibility index (Phi) is 5.38. The van der Waals surface area contributed by atoms with Crippen LogP contribution in [0.15, 0.2) is 41.5 Å². The van der Waals surface area contributed by atoms with E-state index in [9.17, 15) is 22.0 Å². The number of para-hydroxylation sites is 2. The lowest BCUT2D eigenvalue weighted by molar-refractivity contribution is -0.138. The molecule has 1 N–H and O–H groups in total. The van der Waals surface area contributed by atoms with Gasteiger partial charge in [-0.15, -0.1) is 0 Å². The second kappa shape index (κ2) is 7.49. The molecular weight excluding hydrogens is 359 g/mol. The van der Waals surface area contributed by atoms with E-state index in [2.05, 4.69) is 10.5 Å². The molecule has 0 atom stereocenters. The van der Waals surface area contributed by atoms with Crippen molar-refractivity contribution in [3.8, 4) is 23.6 Å². The van der Waals surface area contributed by atoms with Crippen molar-refractivity contribution in [2.75, 3.05) is 5.43 Å². The van der Waals surface area contributed by atoms with Gasteiger partial charge in [0.15, 0.2) is 23.1 Å². The minimum Gasteiger partial charge on any atom is -0.449 e. The fraction of sp³-hybridized carbons (Fsp3) is 0.0625. The van der Waals surface area contributed by atoms with Crippen LogP contribution in [-0.4, -0.2) is 5.71 Å². The molecule has 0 spiro atoms. The van der Waals surface area contributed by atoms with Crippen LogP contribution in [0.25, 0.3) is 0 Å². The highest BCUT2D eigenvalue weighted by molar-refractivity contribution is 6.10. The third kappa shape index (κ3) is 4.24. The van der Waals surface area contributed by atoms with Crippen molar-refractivity contribution in [1.82, 2.24) is 0 Å². The van der Waals surface area contributed by atoms with Crippen LogP contribution in [0.2, 0.25) is 0 Å². The van der Waals surface area contributed by atoms with E-state index in [-0.39, 0.29) is 23.6 Å².